The zero-order chi connectivity index (χ0) is 34.8. The minimum atomic E-state index is -0.104. The number of para-hydroxylation sites is 1. The summed E-state index contributed by atoms with van der Waals surface area (Å²) in [7, 11) is 0. The van der Waals surface area contributed by atoms with Gasteiger partial charge in [-0.3, -0.25) is 4.57 Å². The predicted molar refractivity (Wildman–Crippen MR) is 211 cm³/mol. The average Bonchev–Trinajstić information content (AvgIpc) is 3.65. The maximum absolute atomic E-state index is 5.08. The first kappa shape index (κ1) is 30.1. The van der Waals surface area contributed by atoms with Crippen LogP contribution in [0, 0.1) is 0 Å². The third kappa shape index (κ3) is 4.78. The van der Waals surface area contributed by atoms with Crippen molar-refractivity contribution in [2.75, 3.05) is 0 Å². The van der Waals surface area contributed by atoms with Gasteiger partial charge in [-0.2, -0.15) is 0 Å². The first-order valence-electron chi connectivity index (χ1n) is 17.6. The van der Waals surface area contributed by atoms with E-state index in [9.17, 15) is 0 Å². The normalized spacial score (nSPS) is 13.0. The molecule has 0 atom stereocenters. The molecule has 3 heterocycles. The lowest BCUT2D eigenvalue weighted by atomic mass is 9.82. The standard InChI is InChI=1S/C47H33N5/c1-47(2)39-19-11-9-17-35(39)37-27-38-36-18-10-12-20-41(36)52(42(38)28-40(37)47)43-26-25-34(29-48-43)46-50-44(32-15-7-4-8-16-32)49-45(51-46)33-23-21-31(22-24-33)30-13-5-3-6-14-30/h3-29H,1-2H3. The van der Waals surface area contributed by atoms with E-state index in [4.69, 9.17) is 19.9 Å². The summed E-state index contributed by atoms with van der Waals surface area (Å²) in [5.41, 5.74) is 12.5. The third-order valence-corrected chi connectivity index (χ3v) is 10.5. The number of aromatic nitrogens is 5. The monoisotopic (exact) mass is 667 g/mol. The van der Waals surface area contributed by atoms with Crippen LogP contribution >= 0.6 is 0 Å². The van der Waals surface area contributed by atoms with Crippen molar-refractivity contribution in [3.63, 3.8) is 0 Å². The van der Waals surface area contributed by atoms with E-state index in [1.54, 1.807) is 0 Å². The molecule has 1 aliphatic rings. The molecule has 6 aromatic carbocycles. The number of fused-ring (bicyclic) bond motifs is 6. The number of rotatable bonds is 5. The molecule has 5 heteroatoms. The Labute approximate surface area is 302 Å². The van der Waals surface area contributed by atoms with E-state index in [1.165, 1.54) is 38.6 Å². The Morgan fingerprint density at radius 2 is 0.981 bits per heavy atom. The van der Waals surface area contributed by atoms with Crippen molar-refractivity contribution in [2.24, 2.45) is 0 Å². The second kappa shape index (κ2) is 11.7. The van der Waals surface area contributed by atoms with Crippen LogP contribution in [0.4, 0.5) is 0 Å². The Morgan fingerprint density at radius 3 is 1.69 bits per heavy atom. The highest BCUT2D eigenvalue weighted by Gasteiger charge is 2.36. The quantitative estimate of drug-likeness (QED) is 0.183. The van der Waals surface area contributed by atoms with Crippen LogP contribution in [0.2, 0.25) is 0 Å². The Hall–Kier alpha value is -6.72. The maximum Gasteiger partial charge on any atom is 0.165 e. The van der Waals surface area contributed by atoms with Crippen LogP contribution in [0.25, 0.3) is 84.0 Å². The highest BCUT2D eigenvalue weighted by molar-refractivity contribution is 6.11. The van der Waals surface area contributed by atoms with Crippen molar-refractivity contribution < 1.29 is 0 Å². The van der Waals surface area contributed by atoms with Crippen LogP contribution in [0.15, 0.2) is 164 Å². The van der Waals surface area contributed by atoms with Gasteiger partial charge in [0.1, 0.15) is 5.82 Å². The van der Waals surface area contributed by atoms with Crippen LogP contribution in [-0.2, 0) is 5.41 Å². The van der Waals surface area contributed by atoms with Gasteiger partial charge in [0.25, 0.3) is 0 Å². The lowest BCUT2D eigenvalue weighted by Crippen LogP contribution is -2.15. The molecule has 5 nitrogen and oxygen atoms in total. The zero-order valence-corrected chi connectivity index (χ0v) is 28.8. The molecule has 0 spiro atoms. The molecule has 52 heavy (non-hydrogen) atoms. The van der Waals surface area contributed by atoms with Gasteiger partial charge in [-0.05, 0) is 63.7 Å². The van der Waals surface area contributed by atoms with E-state index in [0.717, 1.165) is 39.1 Å². The van der Waals surface area contributed by atoms with Gasteiger partial charge in [0, 0.05) is 39.1 Å². The van der Waals surface area contributed by atoms with E-state index >= 15 is 0 Å². The smallest absolute Gasteiger partial charge is 0.165 e. The van der Waals surface area contributed by atoms with Crippen molar-refractivity contribution >= 4 is 21.8 Å². The summed E-state index contributed by atoms with van der Waals surface area (Å²) in [4.78, 5) is 20.0. The molecule has 0 saturated carbocycles. The molecular formula is C47H33N5. The number of nitrogens with zero attached hydrogens (tertiary/aromatic N) is 5. The van der Waals surface area contributed by atoms with E-state index in [-0.39, 0.29) is 5.41 Å². The molecule has 0 aliphatic heterocycles. The molecule has 0 amide bonds. The summed E-state index contributed by atoms with van der Waals surface area (Å²) in [6.45, 7) is 4.65. The zero-order valence-electron chi connectivity index (χ0n) is 28.8. The molecule has 10 rings (SSSR count). The van der Waals surface area contributed by atoms with E-state index in [1.807, 2.05) is 42.6 Å². The van der Waals surface area contributed by atoms with E-state index < -0.39 is 0 Å². The van der Waals surface area contributed by atoms with Gasteiger partial charge >= 0.3 is 0 Å². The Bertz CT molecular complexity index is 2780. The maximum atomic E-state index is 5.08. The van der Waals surface area contributed by atoms with Crippen molar-refractivity contribution in [1.29, 1.82) is 0 Å². The van der Waals surface area contributed by atoms with Gasteiger partial charge in [0.2, 0.25) is 0 Å². The molecule has 0 unspecified atom stereocenters. The minimum absolute atomic E-state index is 0.104. The highest BCUT2D eigenvalue weighted by atomic mass is 15.1. The third-order valence-electron chi connectivity index (χ3n) is 10.5. The summed E-state index contributed by atoms with van der Waals surface area (Å²) in [5.74, 6) is 2.66. The molecule has 0 radical (unpaired) electrons. The van der Waals surface area contributed by atoms with Crippen molar-refractivity contribution in [3.05, 3.63) is 175 Å². The lowest BCUT2D eigenvalue weighted by molar-refractivity contribution is 0.661. The molecule has 0 N–H and O–H groups in total. The van der Waals surface area contributed by atoms with Gasteiger partial charge in [-0.15, -0.1) is 0 Å². The summed E-state index contributed by atoms with van der Waals surface area (Å²) < 4.78 is 2.29. The summed E-state index contributed by atoms with van der Waals surface area (Å²) in [6.07, 6.45) is 1.88. The molecule has 0 saturated heterocycles. The van der Waals surface area contributed by atoms with Gasteiger partial charge in [-0.25, -0.2) is 19.9 Å². The molecule has 3 aromatic heterocycles. The lowest BCUT2D eigenvalue weighted by Gasteiger charge is -2.21. The molecule has 1 aliphatic carbocycles. The topological polar surface area (TPSA) is 56.5 Å². The molecule has 9 aromatic rings. The van der Waals surface area contributed by atoms with Crippen molar-refractivity contribution in [2.45, 2.75) is 19.3 Å². The largest absolute Gasteiger partial charge is 0.294 e. The SMILES string of the molecule is CC1(C)c2ccccc2-c2cc3c4ccccc4n(-c4ccc(-c5nc(-c6ccccc6)nc(-c6ccc(-c7ccccc7)cc6)n5)cn4)c3cc21. The molecular weight excluding hydrogens is 635 g/mol. The number of hydrogen-bond acceptors (Lipinski definition) is 4. The van der Waals surface area contributed by atoms with Crippen LogP contribution in [0.5, 0.6) is 0 Å². The fraction of sp³-hybridized carbons (Fsp3) is 0.0638. The Morgan fingerprint density at radius 1 is 0.423 bits per heavy atom. The van der Waals surface area contributed by atoms with Crippen LogP contribution < -0.4 is 0 Å². The fourth-order valence-corrected chi connectivity index (χ4v) is 7.85. The minimum Gasteiger partial charge on any atom is -0.294 e. The Kier molecular flexibility index (Phi) is 6.77. The van der Waals surface area contributed by atoms with Crippen LogP contribution in [-0.4, -0.2) is 24.5 Å². The van der Waals surface area contributed by atoms with E-state index in [2.05, 4.69) is 140 Å². The summed E-state index contributed by atoms with van der Waals surface area (Å²) in [5, 5.41) is 2.43. The van der Waals surface area contributed by atoms with Crippen LogP contribution in [0.3, 0.4) is 0 Å². The van der Waals surface area contributed by atoms with E-state index in [0.29, 0.717) is 17.5 Å². The fourth-order valence-electron chi connectivity index (χ4n) is 7.85. The number of hydrogen-bond donors (Lipinski definition) is 0. The molecule has 0 fully saturated rings. The summed E-state index contributed by atoms with van der Waals surface area (Å²) >= 11 is 0. The predicted octanol–water partition coefficient (Wildman–Crippen LogP) is 11.3. The molecule has 246 valence electrons. The summed E-state index contributed by atoms with van der Waals surface area (Å²) in [6, 6.07) is 55.2. The first-order chi connectivity index (χ1) is 25.5. The highest BCUT2D eigenvalue weighted by Crippen LogP contribution is 2.50. The second-order valence-electron chi connectivity index (χ2n) is 14.0. The van der Waals surface area contributed by atoms with Crippen molar-refractivity contribution in [1.82, 2.24) is 24.5 Å². The van der Waals surface area contributed by atoms with Gasteiger partial charge in [0.05, 0.1) is 11.0 Å². The second-order valence-corrected chi connectivity index (χ2v) is 14.0. The van der Waals surface area contributed by atoms with Crippen LogP contribution in [0.1, 0.15) is 25.0 Å². The van der Waals surface area contributed by atoms with Gasteiger partial charge in [0.15, 0.2) is 17.5 Å². The molecule has 0 bridgehead atoms. The number of benzene rings is 6. The first-order valence-corrected chi connectivity index (χ1v) is 17.6. The average molecular weight is 668 g/mol. The van der Waals surface area contributed by atoms with Crippen molar-refractivity contribution in [3.8, 4) is 62.2 Å². The Balaban J connectivity index is 1.09. The van der Waals surface area contributed by atoms with Gasteiger partial charge < -0.3 is 0 Å². The number of pyridine rings is 1. The van der Waals surface area contributed by atoms with Gasteiger partial charge in [-0.1, -0.05) is 141 Å².